The summed E-state index contributed by atoms with van der Waals surface area (Å²) < 4.78 is 0. The summed E-state index contributed by atoms with van der Waals surface area (Å²) in [5.74, 6) is 0. The largest absolute Gasteiger partial charge is 0.395 e. The van der Waals surface area contributed by atoms with Crippen LogP contribution in [-0.4, -0.2) is 29.7 Å². The molecule has 4 heteroatoms. The van der Waals surface area contributed by atoms with Crippen molar-refractivity contribution in [2.75, 3.05) is 19.7 Å². The Morgan fingerprint density at radius 1 is 1.40 bits per heavy atom. The van der Waals surface area contributed by atoms with Gasteiger partial charge in [0.15, 0.2) is 0 Å². The Kier molecular flexibility index (Phi) is 4.54. The SMILES string of the molecule is Cl.NC1c2ccccc2CCN1CCO. The van der Waals surface area contributed by atoms with Crippen molar-refractivity contribution < 1.29 is 5.11 Å². The minimum atomic E-state index is -0.0490. The second-order valence-electron chi connectivity index (χ2n) is 3.65. The normalized spacial score (nSPS) is 20.5. The summed E-state index contributed by atoms with van der Waals surface area (Å²) in [5.41, 5.74) is 8.63. The lowest BCUT2D eigenvalue weighted by Crippen LogP contribution is -2.41. The molecule has 1 heterocycles. The molecule has 0 spiro atoms. The van der Waals surface area contributed by atoms with Gasteiger partial charge in [-0.2, -0.15) is 0 Å². The van der Waals surface area contributed by atoms with Crippen LogP contribution in [0.25, 0.3) is 0 Å². The summed E-state index contributed by atoms with van der Waals surface area (Å²) in [4.78, 5) is 2.11. The van der Waals surface area contributed by atoms with Gasteiger partial charge in [-0.25, -0.2) is 0 Å². The molecule has 84 valence electrons. The summed E-state index contributed by atoms with van der Waals surface area (Å²) in [6.07, 6.45) is 0.983. The number of aliphatic hydroxyl groups is 1. The van der Waals surface area contributed by atoms with E-state index in [1.165, 1.54) is 11.1 Å². The average Bonchev–Trinajstić information content (AvgIpc) is 2.23. The Morgan fingerprint density at radius 3 is 2.87 bits per heavy atom. The van der Waals surface area contributed by atoms with Crippen molar-refractivity contribution in [3.05, 3.63) is 35.4 Å². The van der Waals surface area contributed by atoms with Crippen LogP contribution in [0.15, 0.2) is 24.3 Å². The second-order valence-corrected chi connectivity index (χ2v) is 3.65. The van der Waals surface area contributed by atoms with E-state index in [4.69, 9.17) is 10.8 Å². The number of β-amino-alcohol motifs (C(OH)–C–C–N with tert-alkyl or cyclic N) is 1. The fourth-order valence-electron chi connectivity index (χ4n) is 2.03. The molecule has 3 N–H and O–H groups in total. The number of aliphatic hydroxyl groups excluding tert-OH is 1. The first-order valence-electron chi connectivity index (χ1n) is 5.01. The lowest BCUT2D eigenvalue weighted by atomic mass is 9.97. The molecule has 1 aromatic rings. The third kappa shape index (κ3) is 2.49. The summed E-state index contributed by atoms with van der Waals surface area (Å²) in [5, 5.41) is 8.89. The predicted molar refractivity (Wildman–Crippen MR) is 63.0 cm³/mol. The molecule has 1 atom stereocenters. The summed E-state index contributed by atoms with van der Waals surface area (Å²) in [6, 6.07) is 8.27. The number of fused-ring (bicyclic) bond motifs is 1. The van der Waals surface area contributed by atoms with Gasteiger partial charge in [-0.05, 0) is 17.5 Å². The second kappa shape index (κ2) is 5.47. The van der Waals surface area contributed by atoms with Gasteiger partial charge in [-0.15, -0.1) is 12.4 Å². The van der Waals surface area contributed by atoms with Gasteiger partial charge in [0.2, 0.25) is 0 Å². The van der Waals surface area contributed by atoms with Crippen LogP contribution in [0.3, 0.4) is 0 Å². The molecule has 0 fully saturated rings. The molecule has 0 aliphatic carbocycles. The van der Waals surface area contributed by atoms with E-state index < -0.39 is 0 Å². The molecule has 15 heavy (non-hydrogen) atoms. The van der Waals surface area contributed by atoms with E-state index in [0.29, 0.717) is 6.54 Å². The number of nitrogens with two attached hydrogens (primary N) is 1. The van der Waals surface area contributed by atoms with E-state index in [2.05, 4.69) is 17.0 Å². The molecular formula is C11H17ClN2O. The molecule has 1 aliphatic heterocycles. The van der Waals surface area contributed by atoms with Crippen molar-refractivity contribution in [1.82, 2.24) is 4.90 Å². The summed E-state index contributed by atoms with van der Waals surface area (Å²) in [6.45, 7) is 1.78. The molecule has 1 unspecified atom stereocenters. The van der Waals surface area contributed by atoms with Crippen LogP contribution < -0.4 is 5.73 Å². The van der Waals surface area contributed by atoms with Gasteiger partial charge in [-0.1, -0.05) is 24.3 Å². The third-order valence-electron chi connectivity index (χ3n) is 2.82. The molecular weight excluding hydrogens is 212 g/mol. The fourth-order valence-corrected chi connectivity index (χ4v) is 2.03. The maximum absolute atomic E-state index is 8.89. The van der Waals surface area contributed by atoms with Crippen molar-refractivity contribution in [2.24, 2.45) is 5.73 Å². The number of halogens is 1. The van der Waals surface area contributed by atoms with Crippen LogP contribution in [0.5, 0.6) is 0 Å². The highest BCUT2D eigenvalue weighted by Crippen LogP contribution is 2.24. The smallest absolute Gasteiger partial charge is 0.0839 e. The van der Waals surface area contributed by atoms with E-state index in [0.717, 1.165) is 13.0 Å². The van der Waals surface area contributed by atoms with E-state index in [1.54, 1.807) is 0 Å². The molecule has 0 radical (unpaired) electrons. The minimum absolute atomic E-state index is 0. The highest BCUT2D eigenvalue weighted by Gasteiger charge is 2.22. The Morgan fingerprint density at radius 2 is 2.13 bits per heavy atom. The van der Waals surface area contributed by atoms with Gasteiger partial charge >= 0.3 is 0 Å². The van der Waals surface area contributed by atoms with E-state index >= 15 is 0 Å². The molecule has 0 aromatic heterocycles. The van der Waals surface area contributed by atoms with E-state index in [9.17, 15) is 0 Å². The molecule has 0 amide bonds. The molecule has 3 nitrogen and oxygen atoms in total. The molecule has 1 aliphatic rings. The maximum Gasteiger partial charge on any atom is 0.0839 e. The molecule has 2 rings (SSSR count). The highest BCUT2D eigenvalue weighted by atomic mass is 35.5. The Balaban J connectivity index is 0.00000112. The van der Waals surface area contributed by atoms with Crippen LogP contribution in [0.4, 0.5) is 0 Å². The van der Waals surface area contributed by atoms with Gasteiger partial charge in [-0.3, -0.25) is 4.90 Å². The van der Waals surface area contributed by atoms with Crippen molar-refractivity contribution >= 4 is 12.4 Å². The third-order valence-corrected chi connectivity index (χ3v) is 2.82. The molecule has 1 aromatic carbocycles. The van der Waals surface area contributed by atoms with Crippen molar-refractivity contribution in [3.63, 3.8) is 0 Å². The average molecular weight is 229 g/mol. The fraction of sp³-hybridized carbons (Fsp3) is 0.455. The van der Waals surface area contributed by atoms with Crippen LogP contribution in [0.1, 0.15) is 17.3 Å². The molecule has 0 bridgehead atoms. The summed E-state index contributed by atoms with van der Waals surface area (Å²) >= 11 is 0. The van der Waals surface area contributed by atoms with E-state index in [-0.39, 0.29) is 25.2 Å². The Bertz CT molecular complexity index is 319. The highest BCUT2D eigenvalue weighted by molar-refractivity contribution is 5.85. The lowest BCUT2D eigenvalue weighted by molar-refractivity contribution is 0.145. The van der Waals surface area contributed by atoms with Gasteiger partial charge < -0.3 is 10.8 Å². The van der Waals surface area contributed by atoms with Crippen LogP contribution in [-0.2, 0) is 6.42 Å². The lowest BCUT2D eigenvalue weighted by Gasteiger charge is -2.34. The minimum Gasteiger partial charge on any atom is -0.395 e. The van der Waals surface area contributed by atoms with Gasteiger partial charge in [0.25, 0.3) is 0 Å². The molecule has 0 saturated heterocycles. The first kappa shape index (κ1) is 12.5. The van der Waals surface area contributed by atoms with Gasteiger partial charge in [0.1, 0.15) is 0 Å². The zero-order valence-electron chi connectivity index (χ0n) is 8.60. The van der Waals surface area contributed by atoms with Crippen LogP contribution in [0.2, 0.25) is 0 Å². The molecule has 0 saturated carbocycles. The van der Waals surface area contributed by atoms with Crippen molar-refractivity contribution in [3.8, 4) is 0 Å². The summed E-state index contributed by atoms with van der Waals surface area (Å²) in [7, 11) is 0. The van der Waals surface area contributed by atoms with Gasteiger partial charge in [0.05, 0.1) is 12.8 Å². The Hall–Kier alpha value is -0.610. The first-order valence-corrected chi connectivity index (χ1v) is 5.01. The van der Waals surface area contributed by atoms with Gasteiger partial charge in [0, 0.05) is 13.1 Å². The quantitative estimate of drug-likeness (QED) is 0.792. The number of benzene rings is 1. The number of rotatable bonds is 2. The maximum atomic E-state index is 8.89. The van der Waals surface area contributed by atoms with Crippen LogP contribution >= 0.6 is 12.4 Å². The number of hydrogen-bond acceptors (Lipinski definition) is 3. The zero-order chi connectivity index (χ0) is 9.97. The first-order chi connectivity index (χ1) is 6.83. The number of nitrogens with zero attached hydrogens (tertiary/aromatic N) is 1. The Labute approximate surface area is 96.3 Å². The van der Waals surface area contributed by atoms with Crippen LogP contribution in [0, 0.1) is 0 Å². The standard InChI is InChI=1S/C11H16N2O.ClH/c12-11-10-4-2-1-3-9(10)5-6-13(11)7-8-14;/h1-4,11,14H,5-8,12H2;1H. The van der Waals surface area contributed by atoms with Crippen molar-refractivity contribution in [2.45, 2.75) is 12.6 Å². The van der Waals surface area contributed by atoms with E-state index in [1.807, 2.05) is 12.1 Å². The van der Waals surface area contributed by atoms with Crippen molar-refractivity contribution in [1.29, 1.82) is 0 Å². The monoisotopic (exact) mass is 228 g/mol. The topological polar surface area (TPSA) is 49.5 Å². The number of hydrogen-bond donors (Lipinski definition) is 2. The predicted octanol–water partition coefficient (Wildman–Crippen LogP) is 0.916. The zero-order valence-corrected chi connectivity index (χ0v) is 9.41.